The number of hydrogen-bond acceptors (Lipinski definition) is 3. The van der Waals surface area contributed by atoms with Crippen molar-refractivity contribution in [2.45, 2.75) is 58.3 Å². The summed E-state index contributed by atoms with van der Waals surface area (Å²) in [4.78, 5) is 2.44. The molecule has 0 radical (unpaired) electrons. The molecule has 112 valence electrons. The van der Waals surface area contributed by atoms with Gasteiger partial charge in [0.25, 0.3) is 0 Å². The maximum atomic E-state index is 5.88. The van der Waals surface area contributed by atoms with Crippen LogP contribution >= 0.6 is 0 Å². The minimum absolute atomic E-state index is 0.222. The van der Waals surface area contributed by atoms with Crippen molar-refractivity contribution < 1.29 is 4.74 Å². The molecule has 1 fully saturated rings. The van der Waals surface area contributed by atoms with Gasteiger partial charge in [0, 0.05) is 24.2 Å². The normalized spacial score (nSPS) is 24.1. The number of hydrogen-bond donors (Lipinski definition) is 1. The zero-order chi connectivity index (χ0) is 14.5. The van der Waals surface area contributed by atoms with Crippen molar-refractivity contribution in [3.8, 4) is 5.75 Å². The summed E-state index contributed by atoms with van der Waals surface area (Å²) in [5, 5.41) is 3.70. The van der Waals surface area contributed by atoms with Crippen molar-refractivity contribution in [3.05, 3.63) is 29.8 Å². The van der Waals surface area contributed by atoms with Gasteiger partial charge in [-0.05, 0) is 53.3 Å². The van der Waals surface area contributed by atoms with Gasteiger partial charge >= 0.3 is 0 Å². The molecule has 1 aromatic carbocycles. The number of ether oxygens (including phenoxy) is 1. The van der Waals surface area contributed by atoms with Crippen molar-refractivity contribution >= 4 is 0 Å². The molecule has 0 bridgehead atoms. The van der Waals surface area contributed by atoms with E-state index in [2.05, 4.69) is 56.2 Å². The van der Waals surface area contributed by atoms with Crippen molar-refractivity contribution in [2.75, 3.05) is 13.6 Å². The van der Waals surface area contributed by atoms with Gasteiger partial charge in [0.15, 0.2) is 0 Å². The number of likely N-dealkylation sites (tertiary alicyclic amines) is 1. The third-order valence-corrected chi connectivity index (χ3v) is 4.12. The molecule has 1 saturated heterocycles. The van der Waals surface area contributed by atoms with Crippen LogP contribution in [0.2, 0.25) is 0 Å². The number of nitrogens with zero attached hydrogens (tertiary/aromatic N) is 1. The Bertz CT molecular complexity index is 419. The maximum absolute atomic E-state index is 5.88. The first-order valence-electron chi connectivity index (χ1n) is 7.74. The van der Waals surface area contributed by atoms with Gasteiger partial charge in [0.05, 0.1) is 6.10 Å². The smallest absolute Gasteiger partial charge is 0.124 e. The van der Waals surface area contributed by atoms with E-state index in [1.807, 2.05) is 6.07 Å². The second-order valence-corrected chi connectivity index (χ2v) is 6.21. The summed E-state index contributed by atoms with van der Waals surface area (Å²) < 4.78 is 5.88. The molecule has 1 N–H and O–H groups in total. The van der Waals surface area contributed by atoms with Gasteiger partial charge in [-0.15, -0.1) is 0 Å². The predicted octanol–water partition coefficient (Wildman–Crippen LogP) is 3.05. The predicted molar refractivity (Wildman–Crippen MR) is 84.2 cm³/mol. The van der Waals surface area contributed by atoms with Crippen LogP contribution in [0.3, 0.4) is 0 Å². The number of piperidine rings is 1. The Morgan fingerprint density at radius 3 is 2.80 bits per heavy atom. The van der Waals surface area contributed by atoms with Crippen LogP contribution in [0, 0.1) is 0 Å². The molecule has 2 unspecified atom stereocenters. The van der Waals surface area contributed by atoms with Crippen molar-refractivity contribution in [3.63, 3.8) is 0 Å². The van der Waals surface area contributed by atoms with Gasteiger partial charge in [-0.2, -0.15) is 0 Å². The summed E-state index contributed by atoms with van der Waals surface area (Å²) in [5.74, 6) is 1.01. The van der Waals surface area contributed by atoms with E-state index in [1.165, 1.54) is 24.9 Å². The Morgan fingerprint density at radius 2 is 2.10 bits per heavy atom. The lowest BCUT2D eigenvalue weighted by molar-refractivity contribution is 0.167. The monoisotopic (exact) mass is 276 g/mol. The fraction of sp³-hybridized carbons (Fsp3) is 0.647. The van der Waals surface area contributed by atoms with Crippen LogP contribution in [-0.2, 0) is 6.54 Å². The molecule has 1 aliphatic heterocycles. The Kier molecular flexibility index (Phi) is 5.44. The molecule has 3 nitrogen and oxygen atoms in total. The topological polar surface area (TPSA) is 24.5 Å². The first kappa shape index (κ1) is 15.3. The van der Waals surface area contributed by atoms with Crippen LogP contribution in [0.5, 0.6) is 5.75 Å². The van der Waals surface area contributed by atoms with E-state index in [0.717, 1.165) is 12.3 Å². The first-order valence-corrected chi connectivity index (χ1v) is 7.74. The molecule has 0 spiro atoms. The Labute approximate surface area is 123 Å². The zero-order valence-corrected chi connectivity index (χ0v) is 13.2. The van der Waals surface area contributed by atoms with E-state index in [9.17, 15) is 0 Å². The van der Waals surface area contributed by atoms with E-state index in [1.54, 1.807) is 0 Å². The maximum Gasteiger partial charge on any atom is 0.124 e. The fourth-order valence-electron chi connectivity index (χ4n) is 2.75. The highest BCUT2D eigenvalue weighted by molar-refractivity contribution is 5.33. The SMILES string of the molecule is CC(C)Oc1ccccc1CNC1CCN(C)C(C)C1. The molecule has 0 amide bonds. The van der Waals surface area contributed by atoms with Gasteiger partial charge in [-0.3, -0.25) is 0 Å². The lowest BCUT2D eigenvalue weighted by atomic mass is 9.98. The average molecular weight is 276 g/mol. The van der Waals surface area contributed by atoms with Crippen LogP contribution in [0.4, 0.5) is 0 Å². The third-order valence-electron chi connectivity index (χ3n) is 4.12. The van der Waals surface area contributed by atoms with E-state index >= 15 is 0 Å². The summed E-state index contributed by atoms with van der Waals surface area (Å²) >= 11 is 0. The molecule has 0 aromatic heterocycles. The number of nitrogens with one attached hydrogen (secondary N) is 1. The van der Waals surface area contributed by atoms with Gasteiger partial charge in [-0.1, -0.05) is 18.2 Å². The van der Waals surface area contributed by atoms with Gasteiger partial charge in [0.1, 0.15) is 5.75 Å². The average Bonchev–Trinajstić information content (AvgIpc) is 2.41. The molecule has 2 rings (SSSR count). The highest BCUT2D eigenvalue weighted by Crippen LogP contribution is 2.21. The van der Waals surface area contributed by atoms with Crippen LogP contribution in [0.15, 0.2) is 24.3 Å². The highest BCUT2D eigenvalue weighted by atomic mass is 16.5. The standard InChI is InChI=1S/C17H28N2O/c1-13(2)20-17-8-6-5-7-15(17)12-18-16-9-10-19(4)14(3)11-16/h5-8,13-14,16,18H,9-12H2,1-4H3. The van der Waals surface area contributed by atoms with E-state index in [0.29, 0.717) is 12.1 Å². The van der Waals surface area contributed by atoms with Crippen molar-refractivity contribution in [1.29, 1.82) is 0 Å². The summed E-state index contributed by atoms with van der Waals surface area (Å²) in [7, 11) is 2.21. The third kappa shape index (κ3) is 4.22. The molecule has 0 saturated carbocycles. The minimum Gasteiger partial charge on any atom is -0.491 e. The van der Waals surface area contributed by atoms with Crippen LogP contribution in [0.25, 0.3) is 0 Å². The molecule has 1 aromatic rings. The molecule has 20 heavy (non-hydrogen) atoms. The zero-order valence-electron chi connectivity index (χ0n) is 13.2. The Balaban J connectivity index is 1.90. The Hall–Kier alpha value is -1.06. The fourth-order valence-corrected chi connectivity index (χ4v) is 2.75. The number of rotatable bonds is 5. The van der Waals surface area contributed by atoms with E-state index < -0.39 is 0 Å². The molecule has 1 heterocycles. The lowest BCUT2D eigenvalue weighted by Gasteiger charge is -2.35. The number of benzene rings is 1. The summed E-state index contributed by atoms with van der Waals surface area (Å²) in [6.45, 7) is 8.53. The van der Waals surface area contributed by atoms with Crippen molar-refractivity contribution in [1.82, 2.24) is 10.2 Å². The minimum atomic E-state index is 0.222. The van der Waals surface area contributed by atoms with Crippen LogP contribution in [0.1, 0.15) is 39.2 Å². The molecule has 0 aliphatic carbocycles. The molecule has 2 atom stereocenters. The van der Waals surface area contributed by atoms with Gasteiger partial charge < -0.3 is 15.0 Å². The quantitative estimate of drug-likeness (QED) is 0.894. The summed E-state index contributed by atoms with van der Waals surface area (Å²) in [6.07, 6.45) is 2.68. The largest absolute Gasteiger partial charge is 0.491 e. The highest BCUT2D eigenvalue weighted by Gasteiger charge is 2.22. The second kappa shape index (κ2) is 7.09. The van der Waals surface area contributed by atoms with Gasteiger partial charge in [0.2, 0.25) is 0 Å². The second-order valence-electron chi connectivity index (χ2n) is 6.21. The molecular weight excluding hydrogens is 248 g/mol. The summed E-state index contributed by atoms with van der Waals surface area (Å²) in [6, 6.07) is 9.63. The van der Waals surface area contributed by atoms with E-state index in [-0.39, 0.29) is 6.10 Å². The first-order chi connectivity index (χ1) is 9.56. The molecule has 1 aliphatic rings. The van der Waals surface area contributed by atoms with Crippen LogP contribution in [-0.4, -0.2) is 36.7 Å². The lowest BCUT2D eigenvalue weighted by Crippen LogP contribution is -2.45. The van der Waals surface area contributed by atoms with E-state index in [4.69, 9.17) is 4.74 Å². The Morgan fingerprint density at radius 1 is 1.35 bits per heavy atom. The summed E-state index contributed by atoms with van der Waals surface area (Å²) in [5.41, 5.74) is 1.26. The number of para-hydroxylation sites is 1. The molecular formula is C17H28N2O. The van der Waals surface area contributed by atoms with Crippen LogP contribution < -0.4 is 10.1 Å². The van der Waals surface area contributed by atoms with Crippen molar-refractivity contribution in [2.24, 2.45) is 0 Å². The molecule has 3 heteroatoms. The van der Waals surface area contributed by atoms with Gasteiger partial charge in [-0.25, -0.2) is 0 Å².